The van der Waals surface area contributed by atoms with Gasteiger partial charge in [-0.15, -0.1) is 0 Å². The van der Waals surface area contributed by atoms with Gasteiger partial charge in [-0.05, 0) is 38.5 Å². The summed E-state index contributed by atoms with van der Waals surface area (Å²) in [5, 5.41) is 0. The first-order valence-corrected chi connectivity index (χ1v) is 13.1. The van der Waals surface area contributed by atoms with Crippen molar-refractivity contribution < 1.29 is 22.7 Å². The highest BCUT2D eigenvalue weighted by Gasteiger charge is 2.41. The summed E-state index contributed by atoms with van der Waals surface area (Å²) in [4.78, 5) is 19.4. The van der Waals surface area contributed by atoms with Gasteiger partial charge >= 0.3 is 10.2 Å². The quantitative estimate of drug-likeness (QED) is 0.589. The first-order valence-electron chi connectivity index (χ1n) is 11.7. The Balaban J connectivity index is 1.30. The van der Waals surface area contributed by atoms with Crippen LogP contribution in [0.2, 0.25) is 0 Å². The fourth-order valence-corrected chi connectivity index (χ4v) is 5.95. The van der Waals surface area contributed by atoms with Crippen molar-refractivity contribution in [2.75, 3.05) is 38.0 Å². The van der Waals surface area contributed by atoms with E-state index in [2.05, 4.69) is 15.8 Å². The van der Waals surface area contributed by atoms with E-state index >= 15 is 0 Å². The molecular weight excluding hydrogens is 468 g/mol. The maximum absolute atomic E-state index is 13.2. The van der Waals surface area contributed by atoms with Gasteiger partial charge in [0, 0.05) is 43.4 Å². The summed E-state index contributed by atoms with van der Waals surface area (Å²) in [5.74, 6) is 0.513. The van der Waals surface area contributed by atoms with Crippen LogP contribution in [0.3, 0.4) is 0 Å². The lowest BCUT2D eigenvalue weighted by atomic mass is 10.0. The fourth-order valence-electron chi connectivity index (χ4n) is 4.73. The van der Waals surface area contributed by atoms with Crippen LogP contribution in [0, 0.1) is 26.7 Å². The molecule has 186 valence electrons. The van der Waals surface area contributed by atoms with Gasteiger partial charge in [-0.3, -0.25) is 9.52 Å². The topological polar surface area (TPSA) is 101 Å². The van der Waals surface area contributed by atoms with Crippen molar-refractivity contribution in [1.82, 2.24) is 14.2 Å². The highest BCUT2D eigenvalue weighted by atomic mass is 32.2. The lowest BCUT2D eigenvalue weighted by Crippen LogP contribution is -2.35. The number of benzene rings is 1. The number of carbonyl (C=O) groups excluding carboxylic acids is 1. The zero-order valence-corrected chi connectivity index (χ0v) is 21.1. The highest BCUT2D eigenvalue weighted by Crippen LogP contribution is 2.38. The molecule has 2 saturated heterocycles. The largest absolute Gasteiger partial charge is 0.470 e. The SMILES string of the molecule is COC1CN(C(=O)c2cc(C)ccc2C)CC1Oc1cc(NS(=O)(=O)N2CC3=CC3C2)cc(C)n1. The Morgan fingerprint density at radius 1 is 1.09 bits per heavy atom. The molecule has 3 atom stereocenters. The van der Waals surface area contributed by atoms with Crippen LogP contribution in [0.1, 0.15) is 27.2 Å². The number of nitrogens with one attached hydrogen (secondary N) is 1. The van der Waals surface area contributed by atoms with Crippen molar-refractivity contribution in [3.05, 3.63) is 64.4 Å². The van der Waals surface area contributed by atoms with Crippen LogP contribution >= 0.6 is 0 Å². The minimum Gasteiger partial charge on any atom is -0.470 e. The molecule has 3 unspecified atom stereocenters. The molecule has 2 aromatic rings. The van der Waals surface area contributed by atoms with Crippen molar-refractivity contribution in [2.24, 2.45) is 5.92 Å². The van der Waals surface area contributed by atoms with Crippen molar-refractivity contribution >= 4 is 21.8 Å². The molecule has 0 saturated carbocycles. The summed E-state index contributed by atoms with van der Waals surface area (Å²) in [7, 11) is -2.08. The first kappa shape index (κ1) is 23.8. The molecule has 1 amide bonds. The van der Waals surface area contributed by atoms with Crippen LogP contribution in [-0.4, -0.2) is 74.0 Å². The molecule has 3 aliphatic rings. The molecule has 9 nitrogen and oxygen atoms in total. The average Bonchev–Trinajstić information content (AvgIpc) is 3.20. The van der Waals surface area contributed by atoms with Crippen molar-refractivity contribution in [3.63, 3.8) is 0 Å². The minimum atomic E-state index is -3.67. The second-order valence-electron chi connectivity index (χ2n) is 9.54. The van der Waals surface area contributed by atoms with Gasteiger partial charge in [0.15, 0.2) is 0 Å². The maximum atomic E-state index is 13.2. The molecule has 5 rings (SSSR count). The van der Waals surface area contributed by atoms with E-state index in [-0.39, 0.29) is 17.9 Å². The van der Waals surface area contributed by atoms with E-state index in [1.165, 1.54) is 9.88 Å². The normalized spacial score (nSPS) is 23.7. The van der Waals surface area contributed by atoms with E-state index in [1.807, 2.05) is 32.0 Å². The lowest BCUT2D eigenvalue weighted by molar-refractivity contribution is 0.0319. The van der Waals surface area contributed by atoms with Gasteiger partial charge in [-0.1, -0.05) is 29.3 Å². The van der Waals surface area contributed by atoms with E-state index in [4.69, 9.17) is 9.47 Å². The van der Waals surface area contributed by atoms with E-state index in [0.717, 1.165) is 11.1 Å². The molecule has 1 aliphatic carbocycles. The smallest absolute Gasteiger partial charge is 0.301 e. The van der Waals surface area contributed by atoms with E-state index in [9.17, 15) is 13.2 Å². The highest BCUT2D eigenvalue weighted by molar-refractivity contribution is 7.90. The van der Waals surface area contributed by atoms with Crippen LogP contribution < -0.4 is 9.46 Å². The van der Waals surface area contributed by atoms with Crippen LogP contribution in [-0.2, 0) is 14.9 Å². The number of hydrogen-bond acceptors (Lipinski definition) is 6. The average molecular weight is 499 g/mol. The Labute approximate surface area is 205 Å². The zero-order chi connectivity index (χ0) is 24.9. The third-order valence-corrected chi connectivity index (χ3v) is 8.21. The Kier molecular flexibility index (Phi) is 6.06. The molecule has 0 radical (unpaired) electrons. The van der Waals surface area contributed by atoms with Gasteiger partial charge in [0.2, 0.25) is 5.88 Å². The predicted octanol–water partition coefficient (Wildman–Crippen LogP) is 2.45. The number of aryl methyl sites for hydroxylation is 3. The molecule has 1 aromatic carbocycles. The second-order valence-corrected chi connectivity index (χ2v) is 11.2. The van der Waals surface area contributed by atoms with E-state index in [0.29, 0.717) is 49.0 Å². The van der Waals surface area contributed by atoms with Gasteiger partial charge < -0.3 is 14.4 Å². The number of anilines is 1. The van der Waals surface area contributed by atoms with Crippen molar-refractivity contribution in [3.8, 4) is 5.88 Å². The number of pyridine rings is 1. The number of hydrogen-bond donors (Lipinski definition) is 1. The summed E-state index contributed by atoms with van der Waals surface area (Å²) in [5.41, 5.74) is 4.79. The Bertz CT molecular complexity index is 1310. The number of aromatic nitrogens is 1. The van der Waals surface area contributed by atoms with E-state index in [1.54, 1.807) is 31.1 Å². The molecule has 1 N–H and O–H groups in total. The first-order chi connectivity index (χ1) is 16.6. The second kappa shape index (κ2) is 8.92. The molecule has 2 aliphatic heterocycles. The maximum Gasteiger partial charge on any atom is 0.301 e. The summed E-state index contributed by atoms with van der Waals surface area (Å²) in [6.45, 7) is 7.32. The Morgan fingerprint density at radius 3 is 2.57 bits per heavy atom. The van der Waals surface area contributed by atoms with Gasteiger partial charge in [0.05, 0.1) is 18.8 Å². The number of ether oxygens (including phenoxy) is 2. The van der Waals surface area contributed by atoms with Crippen molar-refractivity contribution in [2.45, 2.75) is 33.0 Å². The summed E-state index contributed by atoms with van der Waals surface area (Å²) >= 11 is 0. The number of fused-ring (bicyclic) bond motifs is 1. The standard InChI is InChI=1S/C25H30N4O5S/c1-15-5-6-16(2)21(7-15)25(30)28-13-22(33-4)23(14-28)34-24-10-20(8-17(3)26-24)27-35(31,32)29-11-18-9-19(18)12-29/h5-10,18,22-23H,11-14H2,1-4H3,(H,26,27). The lowest BCUT2D eigenvalue weighted by Gasteiger charge is -2.20. The van der Waals surface area contributed by atoms with Gasteiger partial charge in [-0.25, -0.2) is 4.98 Å². The van der Waals surface area contributed by atoms with E-state index < -0.39 is 16.3 Å². The summed E-state index contributed by atoms with van der Waals surface area (Å²) in [6.07, 6.45) is 1.32. The predicted molar refractivity (Wildman–Crippen MR) is 132 cm³/mol. The summed E-state index contributed by atoms with van der Waals surface area (Å²) in [6, 6.07) is 9.07. The van der Waals surface area contributed by atoms with Crippen LogP contribution in [0.5, 0.6) is 5.88 Å². The third-order valence-electron chi connectivity index (χ3n) is 6.76. The minimum absolute atomic E-state index is 0.0659. The van der Waals surface area contributed by atoms with Crippen molar-refractivity contribution in [1.29, 1.82) is 0 Å². The number of rotatable bonds is 7. The molecular formula is C25H30N4O5S. The molecule has 10 heteroatoms. The number of carbonyl (C=O) groups is 1. The molecule has 1 aromatic heterocycles. The zero-order valence-electron chi connectivity index (χ0n) is 20.3. The number of methoxy groups -OCH3 is 1. The Hall–Kier alpha value is -2.95. The van der Waals surface area contributed by atoms with Crippen LogP contribution in [0.25, 0.3) is 0 Å². The van der Waals surface area contributed by atoms with Crippen LogP contribution in [0.15, 0.2) is 42.0 Å². The number of amides is 1. The molecule has 3 heterocycles. The van der Waals surface area contributed by atoms with Crippen LogP contribution in [0.4, 0.5) is 5.69 Å². The van der Waals surface area contributed by atoms with Gasteiger partial charge in [0.25, 0.3) is 5.91 Å². The Morgan fingerprint density at radius 2 is 1.86 bits per heavy atom. The molecule has 0 spiro atoms. The number of nitrogens with zero attached hydrogens (tertiary/aromatic N) is 3. The van der Waals surface area contributed by atoms with Gasteiger partial charge in [0.1, 0.15) is 12.2 Å². The molecule has 2 fully saturated rings. The fraction of sp³-hybridized carbons (Fsp3) is 0.440. The number of likely N-dealkylation sites (tertiary alicyclic amines) is 1. The monoisotopic (exact) mass is 498 g/mol. The molecule has 0 bridgehead atoms. The molecule has 35 heavy (non-hydrogen) atoms. The van der Waals surface area contributed by atoms with Gasteiger partial charge in [-0.2, -0.15) is 12.7 Å². The third kappa shape index (κ3) is 4.91. The summed E-state index contributed by atoms with van der Waals surface area (Å²) < 4.78 is 41.5.